The zero-order chi connectivity index (χ0) is 12.5. The predicted octanol–water partition coefficient (Wildman–Crippen LogP) is 1.47. The molecule has 5 nitrogen and oxygen atoms in total. The fraction of sp³-hybridized carbons (Fsp3) is 0.364. The summed E-state index contributed by atoms with van der Waals surface area (Å²) in [7, 11) is 0. The van der Waals surface area contributed by atoms with E-state index in [1.165, 1.54) is 0 Å². The summed E-state index contributed by atoms with van der Waals surface area (Å²) >= 11 is 4.01. The molecule has 17 heavy (non-hydrogen) atoms. The Morgan fingerprint density at radius 3 is 2.35 bits per heavy atom. The van der Waals surface area contributed by atoms with Gasteiger partial charge < -0.3 is 19.9 Å². The van der Waals surface area contributed by atoms with Crippen LogP contribution in [0.2, 0.25) is 0 Å². The highest BCUT2D eigenvalue weighted by molar-refractivity contribution is 7.80. The van der Waals surface area contributed by atoms with Gasteiger partial charge >= 0.3 is 6.09 Å². The van der Waals surface area contributed by atoms with Gasteiger partial charge in [0.05, 0.1) is 13.2 Å². The Morgan fingerprint density at radius 1 is 1.12 bits per heavy atom. The number of ether oxygens (including phenoxy) is 3. The maximum atomic E-state index is 10.5. The first-order valence-corrected chi connectivity index (χ1v) is 5.74. The van der Waals surface area contributed by atoms with Crippen molar-refractivity contribution >= 4 is 18.7 Å². The van der Waals surface area contributed by atoms with Crippen LogP contribution in [0.3, 0.4) is 0 Å². The molecule has 2 N–H and O–H groups in total. The highest BCUT2D eigenvalue weighted by atomic mass is 32.1. The number of benzene rings is 1. The van der Waals surface area contributed by atoms with E-state index in [4.69, 9.17) is 15.2 Å². The van der Waals surface area contributed by atoms with Gasteiger partial charge in [-0.2, -0.15) is 12.6 Å². The number of hydrogen-bond donors (Lipinski definition) is 2. The Kier molecular flexibility index (Phi) is 6.27. The standard InChI is InChI=1S/C11H15NO4S/c12-11(13)16-10-3-1-9(2-4-10)15-6-5-14-7-8-17/h1-4,17H,5-8H2,(H2,12,13). The van der Waals surface area contributed by atoms with Crippen LogP contribution < -0.4 is 15.2 Å². The Labute approximate surface area is 105 Å². The molecule has 1 amide bonds. The number of nitrogens with two attached hydrogens (primary N) is 1. The fourth-order valence-electron chi connectivity index (χ4n) is 1.11. The molecule has 0 aliphatic rings. The Balaban J connectivity index is 2.28. The van der Waals surface area contributed by atoms with Crippen molar-refractivity contribution in [3.8, 4) is 11.5 Å². The first-order valence-electron chi connectivity index (χ1n) is 5.11. The lowest BCUT2D eigenvalue weighted by Gasteiger charge is -2.07. The van der Waals surface area contributed by atoms with Crippen LogP contribution in [0.15, 0.2) is 24.3 Å². The summed E-state index contributed by atoms with van der Waals surface area (Å²) in [5.74, 6) is 1.76. The van der Waals surface area contributed by atoms with E-state index in [0.29, 0.717) is 37.1 Å². The van der Waals surface area contributed by atoms with Crippen molar-refractivity contribution in [1.29, 1.82) is 0 Å². The third-order valence-corrected chi connectivity index (χ3v) is 1.96. The summed E-state index contributed by atoms with van der Waals surface area (Å²) in [5.41, 5.74) is 4.87. The Hall–Kier alpha value is -1.40. The molecule has 0 bridgehead atoms. The summed E-state index contributed by atoms with van der Waals surface area (Å²) in [5, 5.41) is 0. The first kappa shape index (κ1) is 13.7. The number of rotatable bonds is 7. The second-order valence-corrected chi connectivity index (χ2v) is 3.52. The van der Waals surface area contributed by atoms with Gasteiger partial charge in [0.2, 0.25) is 0 Å². The van der Waals surface area contributed by atoms with E-state index in [1.807, 2.05) is 0 Å². The van der Waals surface area contributed by atoms with Gasteiger partial charge in [-0.3, -0.25) is 0 Å². The largest absolute Gasteiger partial charge is 0.491 e. The van der Waals surface area contributed by atoms with Gasteiger partial charge in [-0.25, -0.2) is 4.79 Å². The predicted molar refractivity (Wildman–Crippen MR) is 66.8 cm³/mol. The van der Waals surface area contributed by atoms with Crippen LogP contribution in [0.4, 0.5) is 4.79 Å². The summed E-state index contributed by atoms with van der Waals surface area (Å²) in [6.45, 7) is 1.59. The lowest BCUT2D eigenvalue weighted by molar-refractivity contribution is 0.112. The molecule has 0 aliphatic heterocycles. The summed E-state index contributed by atoms with van der Waals surface area (Å²) < 4.78 is 15.3. The minimum Gasteiger partial charge on any atom is -0.491 e. The topological polar surface area (TPSA) is 70.8 Å². The van der Waals surface area contributed by atoms with E-state index in [2.05, 4.69) is 17.4 Å². The molecule has 1 rings (SSSR count). The van der Waals surface area contributed by atoms with Gasteiger partial charge in [-0.05, 0) is 24.3 Å². The van der Waals surface area contributed by atoms with Crippen molar-refractivity contribution in [1.82, 2.24) is 0 Å². The molecule has 0 unspecified atom stereocenters. The lowest BCUT2D eigenvalue weighted by atomic mass is 10.3. The maximum Gasteiger partial charge on any atom is 0.409 e. The molecule has 0 saturated carbocycles. The van der Waals surface area contributed by atoms with Crippen molar-refractivity contribution in [2.75, 3.05) is 25.6 Å². The summed E-state index contributed by atoms with van der Waals surface area (Å²) in [6, 6.07) is 6.59. The van der Waals surface area contributed by atoms with Crippen LogP contribution >= 0.6 is 12.6 Å². The van der Waals surface area contributed by atoms with Gasteiger partial charge in [0, 0.05) is 5.75 Å². The molecule has 94 valence electrons. The highest BCUT2D eigenvalue weighted by Gasteiger charge is 1.99. The summed E-state index contributed by atoms with van der Waals surface area (Å²) in [6.07, 6.45) is -0.834. The van der Waals surface area contributed by atoms with E-state index >= 15 is 0 Å². The van der Waals surface area contributed by atoms with Crippen molar-refractivity contribution < 1.29 is 19.0 Å². The number of thiol groups is 1. The second-order valence-electron chi connectivity index (χ2n) is 3.08. The van der Waals surface area contributed by atoms with Crippen LogP contribution in [0.25, 0.3) is 0 Å². The second kappa shape index (κ2) is 7.81. The van der Waals surface area contributed by atoms with Crippen LogP contribution in [0.5, 0.6) is 11.5 Å². The van der Waals surface area contributed by atoms with Crippen molar-refractivity contribution in [3.05, 3.63) is 24.3 Å². The first-order chi connectivity index (χ1) is 8.22. The van der Waals surface area contributed by atoms with E-state index < -0.39 is 6.09 Å². The molecule has 6 heteroatoms. The molecule has 1 aromatic carbocycles. The number of amides is 1. The fourth-order valence-corrected chi connectivity index (χ4v) is 1.23. The van der Waals surface area contributed by atoms with Crippen molar-refractivity contribution in [2.24, 2.45) is 5.73 Å². The molecule has 0 aliphatic carbocycles. The molecule has 0 spiro atoms. The lowest BCUT2D eigenvalue weighted by Crippen LogP contribution is -2.16. The molecular formula is C11H15NO4S. The van der Waals surface area contributed by atoms with Gasteiger partial charge in [0.15, 0.2) is 0 Å². The average molecular weight is 257 g/mol. The van der Waals surface area contributed by atoms with Gasteiger partial charge in [0.25, 0.3) is 0 Å². The molecule has 0 heterocycles. The maximum absolute atomic E-state index is 10.5. The van der Waals surface area contributed by atoms with Gasteiger partial charge in [0.1, 0.15) is 18.1 Å². The molecule has 0 radical (unpaired) electrons. The number of carbonyl (C=O) groups excluding carboxylic acids is 1. The molecule has 0 saturated heterocycles. The van der Waals surface area contributed by atoms with E-state index in [-0.39, 0.29) is 0 Å². The average Bonchev–Trinajstić information content (AvgIpc) is 2.30. The van der Waals surface area contributed by atoms with E-state index in [1.54, 1.807) is 24.3 Å². The van der Waals surface area contributed by atoms with Crippen LogP contribution in [-0.4, -0.2) is 31.7 Å². The number of primary amides is 1. The van der Waals surface area contributed by atoms with Crippen molar-refractivity contribution in [3.63, 3.8) is 0 Å². The minimum atomic E-state index is -0.834. The van der Waals surface area contributed by atoms with Gasteiger partial charge in [-0.15, -0.1) is 0 Å². The third kappa shape index (κ3) is 6.03. The third-order valence-electron chi connectivity index (χ3n) is 1.77. The quantitative estimate of drug-likeness (QED) is 0.573. The van der Waals surface area contributed by atoms with Gasteiger partial charge in [-0.1, -0.05) is 0 Å². The number of carbonyl (C=O) groups is 1. The minimum absolute atomic E-state index is 0.385. The SMILES string of the molecule is NC(=O)Oc1ccc(OCCOCCS)cc1. The van der Waals surface area contributed by atoms with Crippen LogP contribution in [0, 0.1) is 0 Å². The molecule has 0 fully saturated rings. The van der Waals surface area contributed by atoms with Crippen LogP contribution in [-0.2, 0) is 4.74 Å². The normalized spacial score (nSPS) is 9.94. The smallest absolute Gasteiger partial charge is 0.409 e. The Bertz CT molecular complexity index is 342. The van der Waals surface area contributed by atoms with Crippen molar-refractivity contribution in [2.45, 2.75) is 0 Å². The monoisotopic (exact) mass is 257 g/mol. The molecule has 0 aromatic heterocycles. The number of hydrogen-bond acceptors (Lipinski definition) is 5. The zero-order valence-electron chi connectivity index (χ0n) is 9.30. The summed E-state index contributed by atoms with van der Waals surface area (Å²) in [4.78, 5) is 10.5. The zero-order valence-corrected chi connectivity index (χ0v) is 10.2. The van der Waals surface area contributed by atoms with E-state index in [0.717, 1.165) is 0 Å². The van der Waals surface area contributed by atoms with Crippen LogP contribution in [0.1, 0.15) is 0 Å². The highest BCUT2D eigenvalue weighted by Crippen LogP contribution is 2.17. The molecular weight excluding hydrogens is 242 g/mol. The molecule has 1 aromatic rings. The Morgan fingerprint density at radius 2 is 1.76 bits per heavy atom. The molecule has 0 atom stereocenters. The van der Waals surface area contributed by atoms with E-state index in [9.17, 15) is 4.79 Å².